The molecule has 0 heterocycles. The number of Topliss-reactive ketones (excluding diaryl/α,β-unsaturated/α-hetero) is 1. The van der Waals surface area contributed by atoms with Gasteiger partial charge in [-0.3, -0.25) is 4.79 Å². The van der Waals surface area contributed by atoms with E-state index in [1.54, 1.807) is 12.1 Å². The van der Waals surface area contributed by atoms with Crippen LogP contribution in [0.3, 0.4) is 0 Å². The summed E-state index contributed by atoms with van der Waals surface area (Å²) in [6, 6.07) is 4.58. The molecule has 0 spiro atoms. The van der Waals surface area contributed by atoms with Gasteiger partial charge in [-0.25, -0.2) is 0 Å². The number of hydrogen-bond acceptors (Lipinski definition) is 2. The SMILES string of the molecule is O=C(CBr)Cc1ccc(OC(F)F)c(CCl)c1. The van der Waals surface area contributed by atoms with Crippen molar-refractivity contribution in [2.75, 3.05) is 5.33 Å². The fourth-order valence-corrected chi connectivity index (χ4v) is 1.74. The molecule has 0 aliphatic carbocycles. The highest BCUT2D eigenvalue weighted by Crippen LogP contribution is 2.24. The lowest BCUT2D eigenvalue weighted by atomic mass is 10.1. The summed E-state index contributed by atoms with van der Waals surface area (Å²) in [7, 11) is 0. The number of rotatable bonds is 6. The Balaban J connectivity index is 2.88. The standard InChI is InChI=1S/C11H10BrClF2O2/c12-5-9(16)4-7-1-2-10(17-11(14)15)8(3-7)6-13/h1-3,11H,4-6H2. The average Bonchev–Trinajstić information content (AvgIpc) is 2.30. The number of alkyl halides is 4. The molecule has 0 saturated heterocycles. The monoisotopic (exact) mass is 326 g/mol. The van der Waals surface area contributed by atoms with E-state index in [2.05, 4.69) is 20.7 Å². The van der Waals surface area contributed by atoms with Gasteiger partial charge in [0.15, 0.2) is 0 Å². The third-order valence-electron chi connectivity index (χ3n) is 2.04. The highest BCUT2D eigenvalue weighted by atomic mass is 79.9. The molecule has 17 heavy (non-hydrogen) atoms. The zero-order valence-electron chi connectivity index (χ0n) is 8.76. The maximum absolute atomic E-state index is 12.1. The summed E-state index contributed by atoms with van der Waals surface area (Å²) in [5.41, 5.74) is 1.18. The first-order valence-electron chi connectivity index (χ1n) is 4.77. The van der Waals surface area contributed by atoms with Gasteiger partial charge in [0, 0.05) is 12.0 Å². The van der Waals surface area contributed by atoms with Crippen molar-refractivity contribution in [3.05, 3.63) is 29.3 Å². The normalized spacial score (nSPS) is 10.6. The minimum atomic E-state index is -2.88. The van der Waals surface area contributed by atoms with Crippen molar-refractivity contribution in [2.45, 2.75) is 18.9 Å². The molecule has 0 aliphatic heterocycles. The third kappa shape index (κ3) is 4.60. The van der Waals surface area contributed by atoms with Crippen molar-refractivity contribution in [3.63, 3.8) is 0 Å². The Hall–Kier alpha value is -0.680. The van der Waals surface area contributed by atoms with Gasteiger partial charge in [0.05, 0.1) is 11.2 Å². The zero-order chi connectivity index (χ0) is 12.8. The number of ketones is 1. The first-order valence-corrected chi connectivity index (χ1v) is 6.42. The second-order valence-corrected chi connectivity index (χ2v) is 4.13. The summed E-state index contributed by atoms with van der Waals surface area (Å²) in [4.78, 5) is 11.2. The Labute approximate surface area is 111 Å². The van der Waals surface area contributed by atoms with Gasteiger partial charge in [0.2, 0.25) is 0 Å². The molecule has 0 atom stereocenters. The van der Waals surface area contributed by atoms with Gasteiger partial charge in [-0.05, 0) is 11.6 Å². The Morgan fingerprint density at radius 3 is 2.71 bits per heavy atom. The number of carbonyl (C=O) groups excluding carboxylic acids is 1. The van der Waals surface area contributed by atoms with Crippen molar-refractivity contribution in [2.24, 2.45) is 0 Å². The Morgan fingerprint density at radius 2 is 2.18 bits per heavy atom. The van der Waals surface area contributed by atoms with Gasteiger partial charge in [-0.2, -0.15) is 8.78 Å². The van der Waals surface area contributed by atoms with Gasteiger partial charge in [0.1, 0.15) is 11.5 Å². The van der Waals surface area contributed by atoms with Crippen LogP contribution in [-0.2, 0) is 17.1 Å². The Bertz CT molecular complexity index is 399. The predicted molar refractivity (Wildman–Crippen MR) is 65.1 cm³/mol. The molecular weight excluding hydrogens is 317 g/mol. The summed E-state index contributed by atoms with van der Waals surface area (Å²) in [5, 5.41) is 0.262. The lowest BCUT2D eigenvalue weighted by Crippen LogP contribution is -2.06. The van der Waals surface area contributed by atoms with Crippen molar-refractivity contribution >= 4 is 33.3 Å². The van der Waals surface area contributed by atoms with Crippen LogP contribution in [0.1, 0.15) is 11.1 Å². The quantitative estimate of drug-likeness (QED) is 0.747. The molecule has 1 rings (SSSR count). The number of halogens is 4. The molecule has 0 radical (unpaired) electrons. The highest BCUT2D eigenvalue weighted by Gasteiger charge is 2.11. The van der Waals surface area contributed by atoms with Crippen LogP contribution >= 0.6 is 27.5 Å². The van der Waals surface area contributed by atoms with Crippen LogP contribution in [0.25, 0.3) is 0 Å². The number of hydrogen-bond donors (Lipinski definition) is 0. The molecule has 1 aromatic carbocycles. The molecule has 0 aliphatic rings. The maximum Gasteiger partial charge on any atom is 0.387 e. The molecule has 6 heteroatoms. The van der Waals surface area contributed by atoms with Gasteiger partial charge >= 0.3 is 6.61 Å². The van der Waals surface area contributed by atoms with E-state index >= 15 is 0 Å². The highest BCUT2D eigenvalue weighted by molar-refractivity contribution is 9.09. The van der Waals surface area contributed by atoms with Crippen molar-refractivity contribution in [3.8, 4) is 5.75 Å². The van der Waals surface area contributed by atoms with Crippen molar-refractivity contribution in [1.29, 1.82) is 0 Å². The molecule has 0 aromatic heterocycles. The predicted octanol–water partition coefficient (Wildman–Crippen LogP) is 3.53. The largest absolute Gasteiger partial charge is 0.435 e. The van der Waals surface area contributed by atoms with Crippen LogP contribution in [0.2, 0.25) is 0 Å². The van der Waals surface area contributed by atoms with E-state index in [9.17, 15) is 13.6 Å². The van der Waals surface area contributed by atoms with Crippen molar-refractivity contribution in [1.82, 2.24) is 0 Å². The minimum absolute atomic E-state index is 0.00745. The first kappa shape index (κ1) is 14.4. The number of carbonyl (C=O) groups is 1. The average molecular weight is 328 g/mol. The van der Waals surface area contributed by atoms with E-state index in [1.807, 2.05) is 0 Å². The lowest BCUT2D eigenvalue weighted by Gasteiger charge is -2.10. The van der Waals surface area contributed by atoms with E-state index in [4.69, 9.17) is 11.6 Å². The van der Waals surface area contributed by atoms with E-state index in [1.165, 1.54) is 6.07 Å². The number of benzene rings is 1. The molecular formula is C11H10BrClF2O2. The summed E-state index contributed by atoms with van der Waals surface area (Å²) in [5.74, 6) is 0.108. The maximum atomic E-state index is 12.1. The molecule has 0 saturated carbocycles. The van der Waals surface area contributed by atoms with Gasteiger partial charge in [-0.1, -0.05) is 28.1 Å². The number of ether oxygens (including phenoxy) is 1. The molecule has 0 amide bonds. The lowest BCUT2D eigenvalue weighted by molar-refractivity contribution is -0.115. The van der Waals surface area contributed by atoms with Crippen LogP contribution in [0, 0.1) is 0 Å². The molecule has 1 aromatic rings. The Morgan fingerprint density at radius 1 is 1.47 bits per heavy atom. The summed E-state index contributed by atoms with van der Waals surface area (Å²) < 4.78 is 28.5. The Kier molecular flexibility index (Phi) is 5.85. The molecule has 0 bridgehead atoms. The van der Waals surface area contributed by atoms with Crippen LogP contribution in [0.15, 0.2) is 18.2 Å². The summed E-state index contributed by atoms with van der Waals surface area (Å²) in [6.07, 6.45) is 0.240. The molecule has 2 nitrogen and oxygen atoms in total. The van der Waals surface area contributed by atoms with Gasteiger partial charge in [0.25, 0.3) is 0 Å². The summed E-state index contributed by atoms with van der Waals surface area (Å²) in [6.45, 7) is -2.88. The van der Waals surface area contributed by atoms with E-state index in [-0.39, 0.29) is 29.2 Å². The molecule has 0 fully saturated rings. The third-order valence-corrected chi connectivity index (χ3v) is 2.95. The van der Waals surface area contributed by atoms with Crippen LogP contribution in [0.4, 0.5) is 8.78 Å². The van der Waals surface area contributed by atoms with Gasteiger partial charge in [-0.15, -0.1) is 11.6 Å². The van der Waals surface area contributed by atoms with E-state index in [0.29, 0.717) is 5.56 Å². The van der Waals surface area contributed by atoms with Crippen LogP contribution in [-0.4, -0.2) is 17.7 Å². The van der Waals surface area contributed by atoms with Crippen LogP contribution in [0.5, 0.6) is 5.75 Å². The molecule has 0 unspecified atom stereocenters. The minimum Gasteiger partial charge on any atom is -0.435 e. The van der Waals surface area contributed by atoms with Gasteiger partial charge < -0.3 is 4.74 Å². The molecule has 94 valence electrons. The second-order valence-electron chi connectivity index (χ2n) is 3.30. The van der Waals surface area contributed by atoms with E-state index in [0.717, 1.165) is 5.56 Å². The molecule has 0 N–H and O–H groups in total. The zero-order valence-corrected chi connectivity index (χ0v) is 11.1. The fourth-order valence-electron chi connectivity index (χ4n) is 1.33. The van der Waals surface area contributed by atoms with E-state index < -0.39 is 6.61 Å². The first-order chi connectivity index (χ1) is 8.06. The summed E-state index contributed by atoms with van der Waals surface area (Å²) >= 11 is 8.69. The topological polar surface area (TPSA) is 26.3 Å². The van der Waals surface area contributed by atoms with Crippen LogP contribution < -0.4 is 4.74 Å². The smallest absolute Gasteiger partial charge is 0.387 e. The second kappa shape index (κ2) is 6.91. The fraction of sp³-hybridized carbons (Fsp3) is 0.364. The van der Waals surface area contributed by atoms with Crippen molar-refractivity contribution < 1.29 is 18.3 Å².